The first kappa shape index (κ1) is 33.2. The molecule has 0 radical (unpaired) electrons. The van der Waals surface area contributed by atoms with E-state index in [0.29, 0.717) is 11.6 Å². The molecule has 0 saturated heterocycles. The number of hydrogen-bond donors (Lipinski definition) is 2. The third-order valence-electron chi connectivity index (χ3n) is 6.62. The van der Waals surface area contributed by atoms with Crippen LogP contribution >= 0.6 is 50.7 Å². The van der Waals surface area contributed by atoms with Crippen molar-refractivity contribution in [3.05, 3.63) is 27.2 Å². The first-order valence-electron chi connectivity index (χ1n) is 14.1. The summed E-state index contributed by atoms with van der Waals surface area (Å²) < 4.78 is 0. The number of amidine groups is 1. The van der Waals surface area contributed by atoms with Crippen LogP contribution in [-0.2, 0) is 4.79 Å². The van der Waals surface area contributed by atoms with Gasteiger partial charge >= 0.3 is 6.03 Å². The molecule has 0 saturated carbocycles. The number of halogens is 4. The quantitative estimate of drug-likeness (QED) is 0.122. The molecule has 2 rings (SSSR count). The smallest absolute Gasteiger partial charge is 0.320 e. The minimum absolute atomic E-state index is 0.168. The zero-order valence-electron chi connectivity index (χ0n) is 22.5. The lowest BCUT2D eigenvalue weighted by Gasteiger charge is -2.15. The molecule has 1 aliphatic rings. The Kier molecular flexibility index (Phi) is 16.7. The Hall–Kier alpha value is -1.02. The number of amides is 3. The second kappa shape index (κ2) is 19.1. The molecular weight excluding hydrogens is 611 g/mol. The highest BCUT2D eigenvalue weighted by atomic mass is 79.9. The topological polar surface area (TPSA) is 73.8 Å². The van der Waals surface area contributed by atoms with Gasteiger partial charge in [0.1, 0.15) is 5.69 Å². The number of nitrogens with zero attached hydrogens (tertiary/aromatic N) is 2. The second-order valence-corrected chi connectivity index (χ2v) is 12.1. The number of alkyl halides is 1. The first-order chi connectivity index (χ1) is 18.3. The van der Waals surface area contributed by atoms with E-state index in [0.717, 1.165) is 17.9 Å². The van der Waals surface area contributed by atoms with Crippen LogP contribution in [0.4, 0.5) is 10.5 Å². The standard InChI is InChI=1S/C28H42BrCl3N4O2/c1-2-3-4-5-6-7-8-9-10-11-12-13-14-15-16-17-18-33-28(38)34-26-24(29)27(37)36(35-26)25-22(31)19-21(30)20-23(25)32/h19-20,24H,2-18H2,1H3,(H2,33,34,35,38). The van der Waals surface area contributed by atoms with E-state index in [1.165, 1.54) is 102 Å². The van der Waals surface area contributed by atoms with Gasteiger partial charge in [0.25, 0.3) is 5.91 Å². The number of hydrazone groups is 1. The van der Waals surface area contributed by atoms with Gasteiger partial charge in [-0.15, -0.1) is 5.10 Å². The van der Waals surface area contributed by atoms with Crippen LogP contribution in [0.3, 0.4) is 0 Å². The van der Waals surface area contributed by atoms with Crippen molar-refractivity contribution in [2.75, 3.05) is 11.6 Å². The number of anilines is 1. The number of unbranched alkanes of at least 4 members (excludes halogenated alkanes) is 15. The molecule has 1 aromatic rings. The molecule has 1 aromatic carbocycles. The maximum absolute atomic E-state index is 12.7. The van der Waals surface area contributed by atoms with Gasteiger partial charge in [-0.3, -0.25) is 10.1 Å². The van der Waals surface area contributed by atoms with Crippen molar-refractivity contribution in [3.8, 4) is 0 Å². The Bertz CT molecular complexity index is 893. The fourth-order valence-electron chi connectivity index (χ4n) is 4.45. The number of urea groups is 1. The molecule has 1 unspecified atom stereocenters. The molecule has 0 fully saturated rings. The first-order valence-corrected chi connectivity index (χ1v) is 16.2. The zero-order valence-corrected chi connectivity index (χ0v) is 26.3. The summed E-state index contributed by atoms with van der Waals surface area (Å²) in [4.78, 5) is 24.2. The van der Waals surface area contributed by atoms with Crippen molar-refractivity contribution in [1.29, 1.82) is 0 Å². The third kappa shape index (κ3) is 12.0. The molecule has 1 atom stereocenters. The van der Waals surface area contributed by atoms with Crippen molar-refractivity contribution in [2.24, 2.45) is 5.10 Å². The molecule has 0 bridgehead atoms. The number of benzene rings is 1. The van der Waals surface area contributed by atoms with Crippen LogP contribution in [0.25, 0.3) is 0 Å². The molecule has 1 aliphatic heterocycles. The van der Waals surface area contributed by atoms with Crippen LogP contribution in [0.2, 0.25) is 15.1 Å². The summed E-state index contributed by atoms with van der Waals surface area (Å²) in [5, 5.41) is 11.5. The normalized spacial score (nSPS) is 15.2. The maximum Gasteiger partial charge on any atom is 0.320 e. The molecule has 38 heavy (non-hydrogen) atoms. The van der Waals surface area contributed by atoms with Gasteiger partial charge in [0, 0.05) is 11.6 Å². The van der Waals surface area contributed by atoms with Crippen molar-refractivity contribution in [2.45, 2.75) is 114 Å². The zero-order chi connectivity index (χ0) is 27.8. The van der Waals surface area contributed by atoms with Gasteiger partial charge < -0.3 is 5.32 Å². The fourth-order valence-corrected chi connectivity index (χ4v) is 5.83. The molecule has 0 aliphatic carbocycles. The summed E-state index contributed by atoms with van der Waals surface area (Å²) >= 11 is 21.7. The Morgan fingerprint density at radius 2 is 1.29 bits per heavy atom. The molecular formula is C28H42BrCl3N4O2. The molecule has 6 nitrogen and oxygen atoms in total. The summed E-state index contributed by atoms with van der Waals surface area (Å²) in [6, 6.07) is 2.55. The lowest BCUT2D eigenvalue weighted by Crippen LogP contribution is -2.43. The SMILES string of the molecule is CCCCCCCCCCCCCCCCCCNC(=O)NC1=NN(c2c(Cl)cc(Cl)cc2Cl)C(=O)C1Br. The molecule has 0 spiro atoms. The predicted octanol–water partition coefficient (Wildman–Crippen LogP) is 9.63. The van der Waals surface area contributed by atoms with Crippen LogP contribution in [0.15, 0.2) is 17.2 Å². The monoisotopic (exact) mass is 650 g/mol. The minimum Gasteiger partial charge on any atom is -0.338 e. The third-order valence-corrected chi connectivity index (χ3v) is 8.24. The van der Waals surface area contributed by atoms with E-state index in [2.05, 4.69) is 38.6 Å². The van der Waals surface area contributed by atoms with Crippen LogP contribution in [0, 0.1) is 0 Å². The van der Waals surface area contributed by atoms with Gasteiger partial charge in [-0.2, -0.15) is 5.01 Å². The van der Waals surface area contributed by atoms with E-state index in [-0.39, 0.29) is 21.6 Å². The fraction of sp³-hybridized carbons (Fsp3) is 0.679. The lowest BCUT2D eigenvalue weighted by molar-refractivity contribution is -0.116. The van der Waals surface area contributed by atoms with Crippen molar-refractivity contribution in [3.63, 3.8) is 0 Å². The summed E-state index contributed by atoms with van der Waals surface area (Å²) in [6.07, 6.45) is 20.9. The Balaban J connectivity index is 1.51. The van der Waals surface area contributed by atoms with Crippen LogP contribution < -0.4 is 15.6 Å². The summed E-state index contributed by atoms with van der Waals surface area (Å²) in [6.45, 7) is 2.83. The average molecular weight is 653 g/mol. The molecule has 214 valence electrons. The molecule has 0 aromatic heterocycles. The Labute approximate surface area is 251 Å². The maximum atomic E-state index is 12.7. The van der Waals surface area contributed by atoms with Gasteiger partial charge in [0.15, 0.2) is 10.7 Å². The van der Waals surface area contributed by atoms with Crippen LogP contribution in [-0.4, -0.2) is 29.1 Å². The lowest BCUT2D eigenvalue weighted by atomic mass is 10.0. The predicted molar refractivity (Wildman–Crippen MR) is 165 cm³/mol. The Morgan fingerprint density at radius 1 is 0.842 bits per heavy atom. The highest BCUT2D eigenvalue weighted by Crippen LogP contribution is 2.38. The van der Waals surface area contributed by atoms with Crippen molar-refractivity contribution in [1.82, 2.24) is 10.6 Å². The van der Waals surface area contributed by atoms with Gasteiger partial charge in [-0.25, -0.2) is 4.79 Å². The summed E-state index contributed by atoms with van der Waals surface area (Å²) in [5.74, 6) is -0.245. The highest BCUT2D eigenvalue weighted by molar-refractivity contribution is 9.10. The highest BCUT2D eigenvalue weighted by Gasteiger charge is 2.37. The molecule has 1 heterocycles. The largest absolute Gasteiger partial charge is 0.338 e. The second-order valence-electron chi connectivity index (χ2n) is 9.90. The van der Waals surface area contributed by atoms with Gasteiger partial charge in [0.05, 0.1) is 10.0 Å². The van der Waals surface area contributed by atoms with E-state index in [1.807, 2.05) is 0 Å². The van der Waals surface area contributed by atoms with E-state index in [4.69, 9.17) is 34.8 Å². The number of rotatable bonds is 18. The Morgan fingerprint density at radius 3 is 1.76 bits per heavy atom. The molecule has 2 N–H and O–H groups in total. The van der Waals surface area contributed by atoms with Crippen molar-refractivity contribution < 1.29 is 9.59 Å². The van der Waals surface area contributed by atoms with Crippen LogP contribution in [0.1, 0.15) is 110 Å². The number of nitrogens with one attached hydrogen (secondary N) is 2. The molecule has 3 amide bonds. The van der Waals surface area contributed by atoms with Gasteiger partial charge in [-0.1, -0.05) is 154 Å². The number of hydrogen-bond acceptors (Lipinski definition) is 3. The number of carbonyl (C=O) groups is 2. The molecule has 10 heteroatoms. The van der Waals surface area contributed by atoms with E-state index in [1.54, 1.807) is 0 Å². The van der Waals surface area contributed by atoms with Crippen molar-refractivity contribution >= 4 is 74.2 Å². The number of carbonyl (C=O) groups excluding carboxylic acids is 2. The van der Waals surface area contributed by atoms with E-state index >= 15 is 0 Å². The van der Waals surface area contributed by atoms with Gasteiger partial charge in [0.2, 0.25) is 0 Å². The van der Waals surface area contributed by atoms with E-state index < -0.39 is 16.8 Å². The van der Waals surface area contributed by atoms with E-state index in [9.17, 15) is 9.59 Å². The minimum atomic E-state index is -0.813. The summed E-state index contributed by atoms with van der Waals surface area (Å²) in [5.41, 5.74) is 0.220. The van der Waals surface area contributed by atoms with Crippen LogP contribution in [0.5, 0.6) is 0 Å². The van der Waals surface area contributed by atoms with Gasteiger partial charge in [-0.05, 0) is 18.6 Å². The average Bonchev–Trinajstić information content (AvgIpc) is 3.13. The summed E-state index contributed by atoms with van der Waals surface area (Å²) in [7, 11) is 0.